The predicted octanol–water partition coefficient (Wildman–Crippen LogP) is 5.81. The Kier molecular flexibility index (Phi) is 13.6. The van der Waals surface area contributed by atoms with E-state index in [0.29, 0.717) is 35.5 Å². The predicted molar refractivity (Wildman–Crippen MR) is 180 cm³/mol. The summed E-state index contributed by atoms with van der Waals surface area (Å²) in [7, 11) is 0. The summed E-state index contributed by atoms with van der Waals surface area (Å²) >= 11 is 0. The summed E-state index contributed by atoms with van der Waals surface area (Å²) in [5.41, 5.74) is 10.4. The number of carboxylic acids is 2. The van der Waals surface area contributed by atoms with Crippen molar-refractivity contribution in [3.8, 4) is 0 Å². The van der Waals surface area contributed by atoms with Gasteiger partial charge in [-0.1, -0.05) is 60.7 Å². The Morgan fingerprint density at radius 3 is 1.96 bits per heavy atom. The Hall–Kier alpha value is -6.28. The number of nitrogens with zero attached hydrogens (tertiary/aromatic N) is 1. The van der Waals surface area contributed by atoms with E-state index >= 15 is 0 Å². The molecule has 260 valence electrons. The quantitative estimate of drug-likeness (QED) is 0.120. The zero-order valence-corrected chi connectivity index (χ0v) is 26.6. The number of nitrogens with two attached hydrogens (primary N) is 1. The van der Waals surface area contributed by atoms with Crippen LogP contribution in [-0.2, 0) is 22.7 Å². The fraction of sp³-hybridized carbons (Fsp3) is 0.139. The number of hydrogen-bond donors (Lipinski definition) is 5. The van der Waals surface area contributed by atoms with Crippen LogP contribution in [0.5, 0.6) is 0 Å². The van der Waals surface area contributed by atoms with Gasteiger partial charge in [-0.25, -0.2) is 4.79 Å². The third kappa shape index (κ3) is 11.2. The number of aromatic amines is 1. The van der Waals surface area contributed by atoms with Crippen LogP contribution in [0.3, 0.4) is 0 Å². The Bertz CT molecular complexity index is 1950. The summed E-state index contributed by atoms with van der Waals surface area (Å²) in [6, 6.07) is 30.7. The average Bonchev–Trinajstić information content (AvgIpc) is 3.54. The standard InChI is InChI=1S/C18H16N2O2.C16H16N2O3.C2HF3O2/c1-12(21)16-11-19-17-8-7-14(9-15(16)17)18(22)20-10-13-5-3-2-4-6-13;17-10-12-5-4-8-14(9-12)18(11-15(19)20)16(21)13-6-2-1-3-7-13;3-2(4,5)1(6)7/h2-9,11,19H,10H2,1H3,(H,20,22);1-9H,10-11,17H2,(H,19,20);(H,6,7). The summed E-state index contributed by atoms with van der Waals surface area (Å²) in [6.07, 6.45) is -3.40. The summed E-state index contributed by atoms with van der Waals surface area (Å²) < 4.78 is 31.7. The molecule has 0 bridgehead atoms. The molecule has 14 heteroatoms. The second-order valence-electron chi connectivity index (χ2n) is 10.5. The lowest BCUT2D eigenvalue weighted by molar-refractivity contribution is -0.192. The summed E-state index contributed by atoms with van der Waals surface area (Å²) in [6.45, 7) is 1.92. The van der Waals surface area contributed by atoms with E-state index in [2.05, 4.69) is 10.3 Å². The molecule has 2 amide bonds. The SMILES string of the molecule is CC(=O)c1c[nH]c2ccc(C(=O)NCc3ccccc3)cc12.NCc1cccc(N(CC(=O)O)C(=O)c2ccccc2)c1.O=C(O)C(F)(F)F. The number of Topliss-reactive ketones (excluding diaryl/α,β-unsaturated/α-hetero) is 1. The van der Waals surface area contributed by atoms with Crippen LogP contribution >= 0.6 is 0 Å². The highest BCUT2D eigenvalue weighted by Crippen LogP contribution is 2.21. The molecule has 4 aromatic carbocycles. The molecule has 0 saturated carbocycles. The molecule has 0 fully saturated rings. The number of halogens is 3. The van der Waals surface area contributed by atoms with Crippen molar-refractivity contribution in [2.45, 2.75) is 26.2 Å². The maximum Gasteiger partial charge on any atom is 0.490 e. The van der Waals surface area contributed by atoms with E-state index in [-0.39, 0.29) is 17.6 Å². The number of rotatable bonds is 9. The molecule has 11 nitrogen and oxygen atoms in total. The molecule has 0 aliphatic rings. The van der Waals surface area contributed by atoms with Crippen LogP contribution in [0.25, 0.3) is 10.9 Å². The normalized spacial score (nSPS) is 10.5. The van der Waals surface area contributed by atoms with Gasteiger partial charge in [-0.2, -0.15) is 13.2 Å². The second kappa shape index (κ2) is 17.8. The van der Waals surface area contributed by atoms with Gasteiger partial charge in [0.1, 0.15) is 6.54 Å². The van der Waals surface area contributed by atoms with Gasteiger partial charge in [-0.3, -0.25) is 24.1 Å². The summed E-state index contributed by atoms with van der Waals surface area (Å²) in [4.78, 5) is 60.6. The first-order valence-corrected chi connectivity index (χ1v) is 14.8. The van der Waals surface area contributed by atoms with E-state index in [9.17, 15) is 32.3 Å². The molecule has 0 saturated heterocycles. The van der Waals surface area contributed by atoms with Crippen molar-refractivity contribution >= 4 is 46.1 Å². The fourth-order valence-electron chi connectivity index (χ4n) is 4.44. The van der Waals surface area contributed by atoms with Gasteiger partial charge in [-0.15, -0.1) is 0 Å². The lowest BCUT2D eigenvalue weighted by Crippen LogP contribution is -2.35. The zero-order chi connectivity index (χ0) is 36.8. The molecule has 5 rings (SSSR count). The first-order chi connectivity index (χ1) is 23.7. The lowest BCUT2D eigenvalue weighted by atomic mass is 10.1. The van der Waals surface area contributed by atoms with Crippen molar-refractivity contribution in [2.75, 3.05) is 11.4 Å². The van der Waals surface area contributed by atoms with Gasteiger partial charge >= 0.3 is 18.1 Å². The number of aliphatic carboxylic acids is 2. The molecule has 0 atom stereocenters. The fourth-order valence-corrected chi connectivity index (χ4v) is 4.44. The minimum absolute atomic E-state index is 0.0203. The third-order valence-corrected chi connectivity index (χ3v) is 6.88. The van der Waals surface area contributed by atoms with E-state index < -0.39 is 24.7 Å². The number of nitrogens with one attached hydrogen (secondary N) is 2. The largest absolute Gasteiger partial charge is 0.490 e. The number of ketones is 1. The summed E-state index contributed by atoms with van der Waals surface area (Å²) in [5, 5.41) is 19.8. The maximum absolute atomic E-state index is 12.5. The average molecular weight is 691 g/mol. The number of aromatic nitrogens is 1. The molecule has 0 unspecified atom stereocenters. The van der Waals surface area contributed by atoms with Gasteiger partial charge in [0.05, 0.1) is 0 Å². The molecule has 1 aromatic heterocycles. The van der Waals surface area contributed by atoms with Crippen LogP contribution in [0.2, 0.25) is 0 Å². The van der Waals surface area contributed by atoms with E-state index in [1.165, 1.54) is 11.8 Å². The zero-order valence-electron chi connectivity index (χ0n) is 26.6. The Morgan fingerprint density at radius 2 is 1.40 bits per heavy atom. The van der Waals surface area contributed by atoms with Crippen molar-refractivity contribution in [3.63, 3.8) is 0 Å². The van der Waals surface area contributed by atoms with Crippen LogP contribution in [0, 0.1) is 0 Å². The number of carboxylic acid groups (broad SMARTS) is 2. The van der Waals surface area contributed by atoms with Gasteiger partial charge in [0.25, 0.3) is 11.8 Å². The van der Waals surface area contributed by atoms with Crippen molar-refractivity contribution in [3.05, 3.63) is 137 Å². The number of carbonyl (C=O) groups is 5. The molecule has 0 radical (unpaired) electrons. The van der Waals surface area contributed by atoms with Crippen LogP contribution < -0.4 is 16.0 Å². The molecule has 1 heterocycles. The number of anilines is 1. The van der Waals surface area contributed by atoms with E-state index in [0.717, 1.165) is 22.0 Å². The Labute approximate surface area is 284 Å². The van der Waals surface area contributed by atoms with Gasteiger partial charge in [0, 0.05) is 52.6 Å². The number of fused-ring (bicyclic) bond motifs is 1. The second-order valence-corrected chi connectivity index (χ2v) is 10.5. The highest BCUT2D eigenvalue weighted by molar-refractivity contribution is 6.09. The van der Waals surface area contributed by atoms with E-state index in [4.69, 9.17) is 20.7 Å². The van der Waals surface area contributed by atoms with Gasteiger partial charge in [0.15, 0.2) is 5.78 Å². The molecule has 6 N–H and O–H groups in total. The van der Waals surface area contributed by atoms with Crippen molar-refractivity contribution < 1.29 is 47.4 Å². The van der Waals surface area contributed by atoms with Crippen LogP contribution in [0.4, 0.5) is 18.9 Å². The number of amides is 2. The molecular formula is C36H33F3N4O7. The molecule has 5 aromatic rings. The Balaban J connectivity index is 0.000000228. The number of hydrogen-bond acceptors (Lipinski definition) is 6. The smallest absolute Gasteiger partial charge is 0.480 e. The van der Waals surface area contributed by atoms with Crippen LogP contribution in [-0.4, -0.2) is 57.5 Å². The van der Waals surface area contributed by atoms with E-state index in [1.54, 1.807) is 66.9 Å². The monoisotopic (exact) mass is 690 g/mol. The van der Waals surface area contributed by atoms with Gasteiger partial charge < -0.3 is 26.2 Å². The van der Waals surface area contributed by atoms with Crippen molar-refractivity contribution in [1.82, 2.24) is 10.3 Å². The highest BCUT2D eigenvalue weighted by atomic mass is 19.4. The minimum atomic E-state index is -5.08. The van der Waals surface area contributed by atoms with Crippen LogP contribution in [0.1, 0.15) is 49.1 Å². The molecular weight excluding hydrogens is 657 g/mol. The first kappa shape index (κ1) is 38.2. The number of carbonyl (C=O) groups excluding carboxylic acids is 3. The molecule has 0 spiro atoms. The number of benzene rings is 4. The first-order valence-electron chi connectivity index (χ1n) is 14.8. The molecule has 0 aliphatic heterocycles. The molecule has 0 aliphatic carbocycles. The minimum Gasteiger partial charge on any atom is -0.480 e. The van der Waals surface area contributed by atoms with E-state index in [1.807, 2.05) is 42.5 Å². The maximum atomic E-state index is 12.5. The number of H-pyrrole nitrogens is 1. The van der Waals surface area contributed by atoms with Crippen molar-refractivity contribution in [2.24, 2.45) is 5.73 Å². The Morgan fingerprint density at radius 1 is 0.800 bits per heavy atom. The van der Waals surface area contributed by atoms with Crippen molar-refractivity contribution in [1.29, 1.82) is 0 Å². The highest BCUT2D eigenvalue weighted by Gasteiger charge is 2.38. The third-order valence-electron chi connectivity index (χ3n) is 6.88. The summed E-state index contributed by atoms with van der Waals surface area (Å²) in [5.74, 6) is -4.35. The van der Waals surface area contributed by atoms with Gasteiger partial charge in [-0.05, 0) is 60.5 Å². The topological polar surface area (TPSA) is 183 Å². The van der Waals surface area contributed by atoms with Gasteiger partial charge in [0.2, 0.25) is 0 Å². The lowest BCUT2D eigenvalue weighted by Gasteiger charge is -2.21. The molecule has 50 heavy (non-hydrogen) atoms. The number of alkyl halides is 3. The van der Waals surface area contributed by atoms with Crippen LogP contribution in [0.15, 0.2) is 109 Å².